The third kappa shape index (κ3) is 2.54. The van der Waals surface area contributed by atoms with Crippen molar-refractivity contribution >= 4 is 11.7 Å². The van der Waals surface area contributed by atoms with Crippen LogP contribution in [0.25, 0.3) is 11.5 Å². The Labute approximate surface area is 112 Å². The van der Waals surface area contributed by atoms with E-state index in [1.807, 2.05) is 24.3 Å². The predicted molar refractivity (Wildman–Crippen MR) is 74.8 cm³/mol. The number of rotatable bonds is 2. The molecule has 0 bridgehead atoms. The predicted octanol–water partition coefficient (Wildman–Crippen LogP) is 2.56. The molecule has 2 N–H and O–H groups in total. The topological polar surface area (TPSA) is 68.2 Å². The van der Waals surface area contributed by atoms with Crippen LogP contribution in [-0.2, 0) is 0 Å². The highest BCUT2D eigenvalue weighted by Crippen LogP contribution is 2.25. The number of nitrogen functional groups attached to an aromatic ring is 1. The van der Waals surface area contributed by atoms with Crippen LogP contribution < -0.4 is 10.6 Å². The molecule has 1 atom stereocenters. The molecule has 19 heavy (non-hydrogen) atoms. The van der Waals surface area contributed by atoms with Gasteiger partial charge in [-0.1, -0.05) is 12.0 Å². The van der Waals surface area contributed by atoms with Gasteiger partial charge in [-0.3, -0.25) is 0 Å². The Morgan fingerprint density at radius 1 is 1.26 bits per heavy atom. The first-order valence-corrected chi connectivity index (χ1v) is 6.67. The minimum Gasteiger partial charge on any atom is -0.403 e. The monoisotopic (exact) mass is 258 g/mol. The number of hydrogen-bond donors (Lipinski definition) is 1. The lowest BCUT2D eigenvalue weighted by Gasteiger charge is -2.28. The molecular weight excluding hydrogens is 240 g/mol. The lowest BCUT2D eigenvalue weighted by Crippen LogP contribution is -2.34. The van der Waals surface area contributed by atoms with Crippen molar-refractivity contribution in [2.45, 2.75) is 19.8 Å². The van der Waals surface area contributed by atoms with Crippen molar-refractivity contribution in [1.82, 2.24) is 10.2 Å². The standard InChI is InChI=1S/C14H18N4O/c1-10-3-2-8-18(9-10)14-17-16-13(19-14)11-4-6-12(15)7-5-11/h4-7,10H,2-3,8-9,15H2,1H3. The summed E-state index contributed by atoms with van der Waals surface area (Å²) in [6.45, 7) is 4.24. The number of nitrogens with two attached hydrogens (primary N) is 1. The molecule has 0 amide bonds. The molecule has 1 fully saturated rings. The van der Waals surface area contributed by atoms with Crippen LogP contribution in [0.3, 0.4) is 0 Å². The molecule has 1 aliphatic heterocycles. The molecule has 1 saturated heterocycles. The van der Waals surface area contributed by atoms with Gasteiger partial charge >= 0.3 is 6.01 Å². The van der Waals surface area contributed by atoms with Crippen molar-refractivity contribution in [1.29, 1.82) is 0 Å². The van der Waals surface area contributed by atoms with Gasteiger partial charge in [-0.2, -0.15) is 0 Å². The SMILES string of the molecule is CC1CCCN(c2nnc(-c3ccc(N)cc3)o2)C1. The quantitative estimate of drug-likeness (QED) is 0.838. The van der Waals surface area contributed by atoms with Gasteiger partial charge in [0.15, 0.2) is 0 Å². The van der Waals surface area contributed by atoms with E-state index >= 15 is 0 Å². The van der Waals surface area contributed by atoms with Crippen molar-refractivity contribution in [2.24, 2.45) is 5.92 Å². The van der Waals surface area contributed by atoms with Gasteiger partial charge in [0.25, 0.3) is 0 Å². The zero-order chi connectivity index (χ0) is 13.2. The third-order valence-electron chi connectivity index (χ3n) is 3.50. The molecule has 0 spiro atoms. The lowest BCUT2D eigenvalue weighted by atomic mass is 10.0. The van der Waals surface area contributed by atoms with Crippen LogP contribution in [0.15, 0.2) is 28.7 Å². The summed E-state index contributed by atoms with van der Waals surface area (Å²) in [7, 11) is 0. The van der Waals surface area contributed by atoms with Crippen LogP contribution >= 0.6 is 0 Å². The minimum absolute atomic E-state index is 0.549. The van der Waals surface area contributed by atoms with Gasteiger partial charge in [-0.25, -0.2) is 0 Å². The van der Waals surface area contributed by atoms with E-state index in [4.69, 9.17) is 10.2 Å². The van der Waals surface area contributed by atoms with E-state index in [0.717, 1.165) is 24.3 Å². The minimum atomic E-state index is 0.549. The number of piperidine rings is 1. The number of nitrogens with zero attached hydrogens (tertiary/aromatic N) is 3. The molecule has 1 aliphatic rings. The molecular formula is C14H18N4O. The second-order valence-electron chi connectivity index (χ2n) is 5.21. The van der Waals surface area contributed by atoms with E-state index < -0.39 is 0 Å². The van der Waals surface area contributed by atoms with E-state index in [1.165, 1.54) is 12.8 Å². The largest absolute Gasteiger partial charge is 0.403 e. The Hall–Kier alpha value is -2.04. The Morgan fingerprint density at radius 3 is 2.79 bits per heavy atom. The Balaban J connectivity index is 1.81. The second-order valence-corrected chi connectivity index (χ2v) is 5.21. The van der Waals surface area contributed by atoms with Crippen LogP contribution in [0, 0.1) is 5.92 Å². The molecule has 2 heterocycles. The Bertz CT molecular complexity index is 549. The van der Waals surface area contributed by atoms with E-state index in [2.05, 4.69) is 22.0 Å². The van der Waals surface area contributed by atoms with Crippen molar-refractivity contribution in [2.75, 3.05) is 23.7 Å². The number of anilines is 2. The molecule has 3 rings (SSSR count). The average Bonchev–Trinajstić information content (AvgIpc) is 2.89. The van der Waals surface area contributed by atoms with Crippen LogP contribution in [0.5, 0.6) is 0 Å². The average molecular weight is 258 g/mol. The summed E-state index contributed by atoms with van der Waals surface area (Å²) in [5.74, 6) is 1.23. The Morgan fingerprint density at radius 2 is 2.05 bits per heavy atom. The summed E-state index contributed by atoms with van der Waals surface area (Å²) < 4.78 is 5.76. The smallest absolute Gasteiger partial charge is 0.318 e. The van der Waals surface area contributed by atoms with Gasteiger partial charge in [-0.05, 0) is 43.0 Å². The van der Waals surface area contributed by atoms with Gasteiger partial charge in [0, 0.05) is 24.3 Å². The maximum absolute atomic E-state index is 5.76. The number of hydrogen-bond acceptors (Lipinski definition) is 5. The van der Waals surface area contributed by atoms with Crippen molar-refractivity contribution in [3.63, 3.8) is 0 Å². The molecule has 1 unspecified atom stereocenters. The highest BCUT2D eigenvalue weighted by molar-refractivity contribution is 5.57. The van der Waals surface area contributed by atoms with Crippen LogP contribution in [-0.4, -0.2) is 23.3 Å². The number of aromatic nitrogens is 2. The van der Waals surface area contributed by atoms with E-state index in [-0.39, 0.29) is 0 Å². The van der Waals surface area contributed by atoms with Gasteiger partial charge < -0.3 is 15.1 Å². The van der Waals surface area contributed by atoms with E-state index in [1.54, 1.807) is 0 Å². The van der Waals surface area contributed by atoms with Crippen LogP contribution in [0.2, 0.25) is 0 Å². The highest BCUT2D eigenvalue weighted by Gasteiger charge is 2.21. The first-order chi connectivity index (χ1) is 9.22. The zero-order valence-corrected chi connectivity index (χ0v) is 11.0. The van der Waals surface area contributed by atoms with Crippen molar-refractivity contribution in [3.05, 3.63) is 24.3 Å². The normalized spacial score (nSPS) is 19.6. The van der Waals surface area contributed by atoms with E-state index in [0.29, 0.717) is 17.8 Å². The van der Waals surface area contributed by atoms with Gasteiger partial charge in [0.2, 0.25) is 5.89 Å². The molecule has 0 aliphatic carbocycles. The van der Waals surface area contributed by atoms with Gasteiger partial charge in [0.05, 0.1) is 0 Å². The fourth-order valence-electron chi connectivity index (χ4n) is 2.45. The first kappa shape index (κ1) is 12.0. The fraction of sp³-hybridized carbons (Fsp3) is 0.429. The second kappa shape index (κ2) is 4.91. The fourth-order valence-corrected chi connectivity index (χ4v) is 2.45. The third-order valence-corrected chi connectivity index (χ3v) is 3.50. The first-order valence-electron chi connectivity index (χ1n) is 6.67. The maximum atomic E-state index is 5.76. The lowest BCUT2D eigenvalue weighted by molar-refractivity contribution is 0.418. The van der Waals surface area contributed by atoms with Crippen molar-refractivity contribution in [3.8, 4) is 11.5 Å². The summed E-state index contributed by atoms with van der Waals surface area (Å²) in [4.78, 5) is 2.17. The van der Waals surface area contributed by atoms with Crippen molar-refractivity contribution < 1.29 is 4.42 Å². The summed E-state index contributed by atoms with van der Waals surface area (Å²) in [5.41, 5.74) is 7.30. The summed E-state index contributed by atoms with van der Waals surface area (Å²) in [6.07, 6.45) is 2.45. The molecule has 100 valence electrons. The molecule has 0 saturated carbocycles. The molecule has 5 heteroatoms. The van der Waals surface area contributed by atoms with Crippen LogP contribution in [0.1, 0.15) is 19.8 Å². The molecule has 1 aromatic heterocycles. The molecule has 0 radical (unpaired) electrons. The van der Waals surface area contributed by atoms with E-state index in [9.17, 15) is 0 Å². The Kier molecular flexibility index (Phi) is 3.11. The molecule has 5 nitrogen and oxygen atoms in total. The summed E-state index contributed by atoms with van der Waals surface area (Å²) in [5, 5.41) is 8.27. The number of benzene rings is 1. The zero-order valence-electron chi connectivity index (χ0n) is 11.0. The maximum Gasteiger partial charge on any atom is 0.318 e. The van der Waals surface area contributed by atoms with Gasteiger partial charge in [0.1, 0.15) is 0 Å². The molecule has 2 aromatic rings. The highest BCUT2D eigenvalue weighted by atomic mass is 16.4. The summed E-state index contributed by atoms with van der Waals surface area (Å²) in [6, 6.07) is 8.08. The van der Waals surface area contributed by atoms with Gasteiger partial charge in [-0.15, -0.1) is 5.10 Å². The van der Waals surface area contributed by atoms with Crippen LogP contribution in [0.4, 0.5) is 11.7 Å². The molecule has 1 aromatic carbocycles. The summed E-state index contributed by atoms with van der Waals surface area (Å²) >= 11 is 0.